The number of carboxylic acid groups (broad SMARTS) is 1. The normalized spacial score (nSPS) is 17.0. The van der Waals surface area contributed by atoms with Crippen molar-refractivity contribution >= 4 is 12.0 Å². The second-order valence-corrected chi connectivity index (χ2v) is 5.56. The zero-order valence-corrected chi connectivity index (χ0v) is 12.4. The van der Waals surface area contributed by atoms with Crippen LogP contribution in [-0.2, 0) is 4.79 Å². The van der Waals surface area contributed by atoms with Gasteiger partial charge in [0.05, 0.1) is 12.5 Å². The van der Waals surface area contributed by atoms with Crippen molar-refractivity contribution in [2.45, 2.75) is 25.4 Å². The molecule has 2 rings (SSSR count). The van der Waals surface area contributed by atoms with E-state index < -0.39 is 12.1 Å². The van der Waals surface area contributed by atoms with Gasteiger partial charge in [0.1, 0.15) is 0 Å². The molecule has 1 aromatic rings. The number of likely N-dealkylation sites (tertiary alicyclic amines) is 1. The van der Waals surface area contributed by atoms with Gasteiger partial charge < -0.3 is 20.4 Å². The van der Waals surface area contributed by atoms with Crippen molar-refractivity contribution in [3.63, 3.8) is 0 Å². The molecule has 1 unspecified atom stereocenters. The average Bonchev–Trinajstić information content (AvgIpc) is 2.54. The summed E-state index contributed by atoms with van der Waals surface area (Å²) < 4.78 is 0. The molecule has 120 valence electrons. The molecule has 0 spiro atoms. The number of benzene rings is 1. The number of aliphatic carboxylic acids is 1. The van der Waals surface area contributed by atoms with E-state index in [2.05, 4.69) is 5.32 Å². The predicted molar refractivity (Wildman–Crippen MR) is 81.4 cm³/mol. The monoisotopic (exact) mass is 306 g/mol. The Labute approximate surface area is 129 Å². The van der Waals surface area contributed by atoms with Crippen LogP contribution in [-0.4, -0.2) is 46.7 Å². The molecule has 0 saturated carbocycles. The molecule has 22 heavy (non-hydrogen) atoms. The number of aliphatic hydroxyl groups is 1. The molecule has 1 heterocycles. The first-order valence-electron chi connectivity index (χ1n) is 7.55. The molecule has 1 aromatic carbocycles. The van der Waals surface area contributed by atoms with Crippen molar-refractivity contribution in [1.82, 2.24) is 10.2 Å². The van der Waals surface area contributed by atoms with Crippen molar-refractivity contribution in [3.8, 4) is 0 Å². The van der Waals surface area contributed by atoms with Crippen LogP contribution in [0.3, 0.4) is 0 Å². The van der Waals surface area contributed by atoms with Crippen LogP contribution in [0.15, 0.2) is 30.3 Å². The molecular weight excluding hydrogens is 284 g/mol. The lowest BCUT2D eigenvalue weighted by Crippen LogP contribution is -2.45. The van der Waals surface area contributed by atoms with Crippen LogP contribution in [0.4, 0.5) is 4.79 Å². The predicted octanol–water partition coefficient (Wildman–Crippen LogP) is 1.62. The number of nitrogens with zero attached hydrogens (tertiary/aromatic N) is 1. The third kappa shape index (κ3) is 4.46. The van der Waals surface area contributed by atoms with Gasteiger partial charge in [-0.3, -0.25) is 4.79 Å². The van der Waals surface area contributed by atoms with Gasteiger partial charge in [0.2, 0.25) is 0 Å². The van der Waals surface area contributed by atoms with Gasteiger partial charge in [0.15, 0.2) is 0 Å². The Balaban J connectivity index is 1.78. The zero-order valence-electron chi connectivity index (χ0n) is 12.4. The smallest absolute Gasteiger partial charge is 0.317 e. The lowest BCUT2D eigenvalue weighted by Gasteiger charge is -2.34. The summed E-state index contributed by atoms with van der Waals surface area (Å²) in [4.78, 5) is 24.0. The van der Waals surface area contributed by atoms with Crippen molar-refractivity contribution in [3.05, 3.63) is 35.9 Å². The number of hydrogen-bond donors (Lipinski definition) is 3. The molecule has 0 aromatic heterocycles. The first-order chi connectivity index (χ1) is 10.6. The second kappa shape index (κ2) is 7.79. The lowest BCUT2D eigenvalue weighted by molar-refractivity contribution is -0.136. The highest BCUT2D eigenvalue weighted by Crippen LogP contribution is 2.30. The van der Waals surface area contributed by atoms with Gasteiger partial charge in [0, 0.05) is 19.6 Å². The fourth-order valence-electron chi connectivity index (χ4n) is 2.73. The molecule has 1 atom stereocenters. The molecule has 1 fully saturated rings. The van der Waals surface area contributed by atoms with Gasteiger partial charge >= 0.3 is 12.0 Å². The standard InChI is InChI=1S/C16H22N2O4/c19-14(20)6-9-17-16(22)18-10-7-13(8-11-18)15(21)12-4-2-1-3-5-12/h1-5,13,15,21H,6-11H2,(H,17,22)(H,19,20). The van der Waals surface area contributed by atoms with E-state index in [0.717, 1.165) is 18.4 Å². The molecule has 0 aliphatic carbocycles. The highest BCUT2D eigenvalue weighted by molar-refractivity contribution is 5.75. The van der Waals surface area contributed by atoms with E-state index in [1.54, 1.807) is 4.90 Å². The van der Waals surface area contributed by atoms with Crippen LogP contribution in [0.5, 0.6) is 0 Å². The number of carbonyl (C=O) groups is 2. The zero-order chi connectivity index (χ0) is 15.9. The van der Waals surface area contributed by atoms with Crippen LogP contribution in [0.2, 0.25) is 0 Å². The third-order valence-corrected chi connectivity index (χ3v) is 4.03. The average molecular weight is 306 g/mol. The van der Waals surface area contributed by atoms with E-state index in [0.29, 0.717) is 13.1 Å². The summed E-state index contributed by atoms with van der Waals surface area (Å²) in [5, 5.41) is 21.5. The fraction of sp³-hybridized carbons (Fsp3) is 0.500. The summed E-state index contributed by atoms with van der Waals surface area (Å²) in [6.07, 6.45) is 0.901. The number of hydrogen-bond acceptors (Lipinski definition) is 3. The van der Waals surface area contributed by atoms with Gasteiger partial charge in [-0.1, -0.05) is 30.3 Å². The van der Waals surface area contributed by atoms with E-state index >= 15 is 0 Å². The summed E-state index contributed by atoms with van der Waals surface area (Å²) in [5.41, 5.74) is 0.909. The quantitative estimate of drug-likeness (QED) is 0.771. The van der Waals surface area contributed by atoms with E-state index in [1.807, 2.05) is 30.3 Å². The number of rotatable bonds is 5. The molecule has 0 bridgehead atoms. The molecule has 1 aliphatic heterocycles. The first-order valence-corrected chi connectivity index (χ1v) is 7.55. The maximum absolute atomic E-state index is 11.9. The highest BCUT2D eigenvalue weighted by Gasteiger charge is 2.28. The van der Waals surface area contributed by atoms with Gasteiger partial charge in [-0.2, -0.15) is 0 Å². The van der Waals surface area contributed by atoms with E-state index in [4.69, 9.17) is 5.11 Å². The van der Waals surface area contributed by atoms with Crippen molar-refractivity contribution in [2.24, 2.45) is 5.92 Å². The third-order valence-electron chi connectivity index (χ3n) is 4.03. The number of aliphatic hydroxyl groups excluding tert-OH is 1. The maximum Gasteiger partial charge on any atom is 0.317 e. The summed E-state index contributed by atoms with van der Waals surface area (Å²) in [7, 11) is 0. The Morgan fingerprint density at radius 3 is 2.45 bits per heavy atom. The van der Waals surface area contributed by atoms with Gasteiger partial charge in [-0.25, -0.2) is 4.79 Å². The summed E-state index contributed by atoms with van der Waals surface area (Å²) in [6.45, 7) is 1.29. The number of carbonyl (C=O) groups excluding carboxylic acids is 1. The Morgan fingerprint density at radius 2 is 1.86 bits per heavy atom. The van der Waals surface area contributed by atoms with Crippen LogP contribution in [0, 0.1) is 5.92 Å². The van der Waals surface area contributed by atoms with E-state index in [-0.39, 0.29) is 24.9 Å². The SMILES string of the molecule is O=C(O)CCNC(=O)N1CCC(C(O)c2ccccc2)CC1. The minimum absolute atomic E-state index is 0.0745. The topological polar surface area (TPSA) is 89.9 Å². The largest absolute Gasteiger partial charge is 0.481 e. The molecule has 3 N–H and O–H groups in total. The second-order valence-electron chi connectivity index (χ2n) is 5.56. The Kier molecular flexibility index (Phi) is 5.77. The molecule has 6 nitrogen and oxygen atoms in total. The van der Waals surface area contributed by atoms with Crippen molar-refractivity contribution in [2.75, 3.05) is 19.6 Å². The van der Waals surface area contributed by atoms with E-state index in [1.165, 1.54) is 0 Å². The summed E-state index contributed by atoms with van der Waals surface area (Å²) in [5.74, 6) is -0.782. The Hall–Kier alpha value is -2.08. The Morgan fingerprint density at radius 1 is 1.23 bits per heavy atom. The molecule has 2 amide bonds. The Bertz CT molecular complexity index is 498. The van der Waals surface area contributed by atoms with Crippen LogP contribution in [0.1, 0.15) is 30.9 Å². The number of urea groups is 1. The minimum atomic E-state index is -0.926. The van der Waals surface area contributed by atoms with Crippen LogP contribution < -0.4 is 5.32 Å². The van der Waals surface area contributed by atoms with Gasteiger partial charge in [-0.05, 0) is 24.3 Å². The summed E-state index contributed by atoms with van der Waals surface area (Å²) >= 11 is 0. The maximum atomic E-state index is 11.9. The molecule has 0 radical (unpaired) electrons. The van der Waals surface area contributed by atoms with Gasteiger partial charge in [-0.15, -0.1) is 0 Å². The van der Waals surface area contributed by atoms with Crippen LogP contribution >= 0.6 is 0 Å². The number of amides is 2. The number of nitrogens with one attached hydrogen (secondary N) is 1. The van der Waals surface area contributed by atoms with Crippen molar-refractivity contribution in [1.29, 1.82) is 0 Å². The lowest BCUT2D eigenvalue weighted by atomic mass is 9.87. The number of piperidine rings is 1. The summed E-state index contributed by atoms with van der Waals surface area (Å²) in [6, 6.07) is 9.33. The molecular formula is C16H22N2O4. The molecule has 6 heteroatoms. The van der Waals surface area contributed by atoms with Crippen LogP contribution in [0.25, 0.3) is 0 Å². The minimum Gasteiger partial charge on any atom is -0.481 e. The molecule has 1 aliphatic rings. The first kappa shape index (κ1) is 16.3. The number of carboxylic acids is 1. The van der Waals surface area contributed by atoms with E-state index in [9.17, 15) is 14.7 Å². The fourth-order valence-corrected chi connectivity index (χ4v) is 2.73. The van der Waals surface area contributed by atoms with Crippen molar-refractivity contribution < 1.29 is 19.8 Å². The highest BCUT2D eigenvalue weighted by atomic mass is 16.4. The molecule has 1 saturated heterocycles. The van der Waals surface area contributed by atoms with Gasteiger partial charge in [0.25, 0.3) is 0 Å².